The second kappa shape index (κ2) is 52.2. The molecule has 0 saturated carbocycles. The zero-order chi connectivity index (χ0) is 47.4. The lowest BCUT2D eigenvalue weighted by Crippen LogP contribution is -2.29. The zero-order valence-electron chi connectivity index (χ0n) is 43.4. The van der Waals surface area contributed by atoms with E-state index in [1.54, 1.807) is 0 Å². The van der Waals surface area contributed by atoms with Crippen LogP contribution in [0.25, 0.3) is 0 Å². The molecule has 0 bridgehead atoms. The van der Waals surface area contributed by atoms with Gasteiger partial charge in [-0.15, -0.1) is 0 Å². The van der Waals surface area contributed by atoms with E-state index in [1.165, 1.54) is 244 Å². The number of esters is 2. The van der Waals surface area contributed by atoms with Crippen LogP contribution in [0.1, 0.15) is 309 Å². The predicted octanol–water partition coefficient (Wildman–Crippen LogP) is 18.7. The molecule has 0 aromatic heterocycles. The fourth-order valence-corrected chi connectivity index (χ4v) is 9.12. The number of rotatable bonds is 54. The van der Waals surface area contributed by atoms with Crippen LogP contribution < -0.4 is 0 Å². The van der Waals surface area contributed by atoms with Crippen LogP contribution >= 0.6 is 7.82 Å². The molecule has 0 saturated heterocycles. The average Bonchev–Trinajstić information content (AvgIpc) is 3.30. The Morgan fingerprint density at radius 1 is 0.415 bits per heavy atom. The van der Waals surface area contributed by atoms with Crippen molar-refractivity contribution < 1.29 is 37.6 Å². The number of unbranched alkanes of at least 4 members (excludes halogenated alkanes) is 41. The average molecular weight is 941 g/mol. The summed E-state index contributed by atoms with van der Waals surface area (Å²) in [5.74, 6) is -0.783. The van der Waals surface area contributed by atoms with Crippen LogP contribution in [0.3, 0.4) is 0 Å². The molecule has 0 aliphatic carbocycles. The summed E-state index contributed by atoms with van der Waals surface area (Å²) in [5.41, 5.74) is 0. The molecule has 0 aromatic carbocycles. The Morgan fingerprint density at radius 2 is 0.692 bits per heavy atom. The van der Waals surface area contributed by atoms with Crippen LogP contribution in [0.4, 0.5) is 0 Å². The lowest BCUT2D eigenvalue weighted by Gasteiger charge is -2.19. The number of hydrogen-bond acceptors (Lipinski definition) is 7. The van der Waals surface area contributed by atoms with Crippen molar-refractivity contribution in [3.05, 3.63) is 12.2 Å². The van der Waals surface area contributed by atoms with Crippen molar-refractivity contribution in [1.82, 2.24) is 0 Å². The van der Waals surface area contributed by atoms with Gasteiger partial charge in [0.25, 0.3) is 0 Å². The Kier molecular flexibility index (Phi) is 51.2. The number of allylic oxidation sites excluding steroid dienone is 2. The van der Waals surface area contributed by atoms with E-state index >= 15 is 0 Å². The molecule has 0 heterocycles. The predicted molar refractivity (Wildman–Crippen MR) is 276 cm³/mol. The van der Waals surface area contributed by atoms with Crippen LogP contribution in [0, 0.1) is 0 Å². The molecule has 65 heavy (non-hydrogen) atoms. The molecule has 0 spiro atoms. The fourth-order valence-electron chi connectivity index (χ4n) is 8.66. The lowest BCUT2D eigenvalue weighted by atomic mass is 10.0. The third kappa shape index (κ3) is 52.0. The second-order valence-corrected chi connectivity index (χ2v) is 21.0. The molecule has 0 rings (SSSR count). The van der Waals surface area contributed by atoms with Crippen LogP contribution in [0.5, 0.6) is 0 Å². The van der Waals surface area contributed by atoms with Crippen LogP contribution in [-0.4, -0.2) is 43.3 Å². The summed E-state index contributed by atoms with van der Waals surface area (Å²) in [4.78, 5) is 34.8. The Balaban J connectivity index is 3.80. The van der Waals surface area contributed by atoms with Gasteiger partial charge in [0.15, 0.2) is 6.10 Å². The van der Waals surface area contributed by atoms with Gasteiger partial charge in [0.05, 0.1) is 6.61 Å². The normalized spacial score (nSPS) is 13.1. The third-order valence-corrected chi connectivity index (χ3v) is 13.9. The topological polar surface area (TPSA) is 108 Å². The molecule has 1 N–H and O–H groups in total. The van der Waals surface area contributed by atoms with E-state index < -0.39 is 26.5 Å². The number of carbonyl (C=O) groups excluding carboxylic acids is 2. The molecule has 0 radical (unpaired) electrons. The largest absolute Gasteiger partial charge is 0.472 e. The van der Waals surface area contributed by atoms with E-state index in [9.17, 15) is 19.0 Å². The van der Waals surface area contributed by atoms with E-state index in [1.807, 2.05) is 0 Å². The summed E-state index contributed by atoms with van der Waals surface area (Å²) in [7, 11) is -3.19. The molecule has 0 aliphatic heterocycles. The van der Waals surface area contributed by atoms with Crippen molar-refractivity contribution in [3.63, 3.8) is 0 Å². The number of phosphoric ester groups is 1. The molecule has 0 aromatic rings. The number of phosphoric acid groups is 1. The van der Waals surface area contributed by atoms with E-state index in [0.717, 1.165) is 45.6 Å². The Bertz CT molecular complexity index is 1070. The van der Waals surface area contributed by atoms with Gasteiger partial charge in [-0.2, -0.15) is 0 Å². The van der Waals surface area contributed by atoms with Gasteiger partial charge >= 0.3 is 19.8 Å². The first-order chi connectivity index (χ1) is 31.8. The Labute approximate surface area is 403 Å². The van der Waals surface area contributed by atoms with Crippen LogP contribution in [0.2, 0.25) is 0 Å². The number of carbonyl (C=O) groups is 2. The Morgan fingerprint density at radius 3 is 1.00 bits per heavy atom. The fraction of sp³-hybridized carbons (Fsp3) is 0.929. The smallest absolute Gasteiger partial charge is 0.462 e. The van der Waals surface area contributed by atoms with Crippen molar-refractivity contribution in [1.29, 1.82) is 0 Å². The summed E-state index contributed by atoms with van der Waals surface area (Å²) < 4.78 is 32.2. The molecule has 8 nitrogen and oxygen atoms in total. The highest BCUT2D eigenvalue weighted by molar-refractivity contribution is 7.47. The SMILES string of the molecule is CCCCCCCCCC/C=C\CCCCCCCCCCCCCC(=O)OC(COC(=O)CCCCCCCCCCCCCCCCCCCCCCCCC)COP(=O)(O)OC. The monoisotopic (exact) mass is 941 g/mol. The van der Waals surface area contributed by atoms with Gasteiger partial charge in [-0.25, -0.2) is 4.57 Å². The van der Waals surface area contributed by atoms with Gasteiger partial charge < -0.3 is 14.4 Å². The maximum Gasteiger partial charge on any atom is 0.472 e. The highest BCUT2D eigenvalue weighted by atomic mass is 31.2. The number of ether oxygens (including phenoxy) is 2. The van der Waals surface area contributed by atoms with Crippen molar-refractivity contribution >= 4 is 19.8 Å². The summed E-state index contributed by atoms with van der Waals surface area (Å²) in [6.45, 7) is 3.95. The quantitative estimate of drug-likeness (QED) is 0.0278. The van der Waals surface area contributed by atoms with Gasteiger partial charge in [0.2, 0.25) is 0 Å². The third-order valence-electron chi connectivity index (χ3n) is 13.0. The molecule has 0 fully saturated rings. The molecule has 2 unspecified atom stereocenters. The van der Waals surface area contributed by atoms with Gasteiger partial charge in [-0.1, -0.05) is 270 Å². The van der Waals surface area contributed by atoms with Crippen LogP contribution in [-0.2, 0) is 32.7 Å². The minimum atomic E-state index is -4.27. The first-order valence-electron chi connectivity index (χ1n) is 28.4. The maximum atomic E-state index is 12.6. The Hall–Kier alpha value is -1.21. The molecule has 9 heteroatoms. The van der Waals surface area contributed by atoms with Crippen molar-refractivity contribution in [2.75, 3.05) is 20.3 Å². The van der Waals surface area contributed by atoms with Crippen molar-refractivity contribution in [3.8, 4) is 0 Å². The van der Waals surface area contributed by atoms with Gasteiger partial charge in [0.1, 0.15) is 6.61 Å². The molecule has 0 aliphatic rings. The highest BCUT2D eigenvalue weighted by Gasteiger charge is 2.24. The summed E-state index contributed by atoms with van der Waals surface area (Å²) in [6.07, 6.45) is 61.5. The van der Waals surface area contributed by atoms with E-state index in [-0.39, 0.29) is 19.0 Å². The summed E-state index contributed by atoms with van der Waals surface area (Å²) in [6, 6.07) is 0. The van der Waals surface area contributed by atoms with E-state index in [2.05, 4.69) is 30.5 Å². The van der Waals surface area contributed by atoms with E-state index in [4.69, 9.17) is 14.0 Å². The minimum absolute atomic E-state index is 0.218. The van der Waals surface area contributed by atoms with Crippen LogP contribution in [0.15, 0.2) is 12.2 Å². The van der Waals surface area contributed by atoms with Crippen molar-refractivity contribution in [2.45, 2.75) is 315 Å². The molecule has 0 amide bonds. The minimum Gasteiger partial charge on any atom is -0.462 e. The zero-order valence-corrected chi connectivity index (χ0v) is 44.3. The molecule has 386 valence electrons. The van der Waals surface area contributed by atoms with Gasteiger partial charge in [0, 0.05) is 20.0 Å². The van der Waals surface area contributed by atoms with Gasteiger partial charge in [-0.05, 0) is 38.5 Å². The molecular weight excluding hydrogens is 832 g/mol. The standard InChI is InChI=1S/C56H109O8P/c1-4-6-8-10-12-14-16-18-20-22-24-26-28-30-32-34-36-38-40-42-44-46-48-50-55(57)62-52-54(53-63-65(59,60)61-3)64-56(58)51-49-47-45-43-41-39-37-35-33-31-29-27-25-23-21-19-17-15-13-11-9-7-5-2/h23,25,54H,4-22,24,26-53H2,1-3H3,(H,59,60)/b25-23-. The maximum absolute atomic E-state index is 12.6. The lowest BCUT2D eigenvalue weighted by molar-refractivity contribution is -0.161. The summed E-state index contributed by atoms with van der Waals surface area (Å²) >= 11 is 0. The highest BCUT2D eigenvalue weighted by Crippen LogP contribution is 2.42. The first-order valence-corrected chi connectivity index (χ1v) is 29.9. The molecular formula is C56H109O8P. The molecule has 2 atom stereocenters. The van der Waals surface area contributed by atoms with E-state index in [0.29, 0.717) is 6.42 Å². The second-order valence-electron chi connectivity index (χ2n) is 19.4. The van der Waals surface area contributed by atoms with Crippen molar-refractivity contribution in [2.24, 2.45) is 0 Å². The number of hydrogen-bond donors (Lipinski definition) is 1. The van der Waals surface area contributed by atoms with Gasteiger partial charge in [-0.3, -0.25) is 18.6 Å². The first kappa shape index (κ1) is 63.8. The summed E-state index contributed by atoms with van der Waals surface area (Å²) in [5, 5.41) is 0.